The number of aliphatic hydroxyl groups excluding tert-OH is 2. The second-order valence-corrected chi connectivity index (χ2v) is 4.76. The van der Waals surface area contributed by atoms with E-state index in [9.17, 15) is 28.2 Å². The Balaban J connectivity index is 3.07. The predicted octanol–water partition coefficient (Wildman–Crippen LogP) is 2.22. The minimum absolute atomic E-state index is 0.264. The van der Waals surface area contributed by atoms with Crippen molar-refractivity contribution in [3.05, 3.63) is 28.2 Å². The van der Waals surface area contributed by atoms with E-state index in [4.69, 9.17) is 5.11 Å². The number of aliphatic carboxylic acids is 1. The highest BCUT2D eigenvalue weighted by Crippen LogP contribution is 2.34. The second kappa shape index (κ2) is 6.42. The van der Waals surface area contributed by atoms with Crippen LogP contribution in [0.25, 0.3) is 0 Å². The highest BCUT2D eigenvalue weighted by molar-refractivity contribution is 9.10. The maximum Gasteiger partial charge on any atom is 0.573 e. The summed E-state index contributed by atoms with van der Waals surface area (Å²) < 4.78 is 40.8. The minimum atomic E-state index is -4.98. The Labute approximate surface area is 119 Å². The van der Waals surface area contributed by atoms with Crippen LogP contribution in [0.1, 0.15) is 18.1 Å². The van der Waals surface area contributed by atoms with Crippen molar-refractivity contribution in [3.8, 4) is 5.75 Å². The normalized spacial score (nSPS) is 14.7. The number of benzene rings is 1. The van der Waals surface area contributed by atoms with E-state index in [1.165, 1.54) is 6.07 Å². The SMILES string of the molecule is O=C(O)CC(O)C(O)c1ccc(Br)cc1OC(F)(F)F. The van der Waals surface area contributed by atoms with Gasteiger partial charge in [0.1, 0.15) is 11.9 Å². The van der Waals surface area contributed by atoms with Crippen LogP contribution in [0, 0.1) is 0 Å². The molecular formula is C11H10BrF3O5. The van der Waals surface area contributed by atoms with E-state index in [0.717, 1.165) is 12.1 Å². The van der Waals surface area contributed by atoms with Crippen molar-refractivity contribution >= 4 is 21.9 Å². The van der Waals surface area contributed by atoms with Crippen LogP contribution >= 0.6 is 15.9 Å². The molecule has 3 N–H and O–H groups in total. The molecule has 0 aliphatic carbocycles. The third-order valence-corrected chi connectivity index (χ3v) is 2.76. The third kappa shape index (κ3) is 4.99. The van der Waals surface area contributed by atoms with E-state index in [1.807, 2.05) is 0 Å². The van der Waals surface area contributed by atoms with E-state index in [0.29, 0.717) is 0 Å². The van der Waals surface area contributed by atoms with E-state index in [-0.39, 0.29) is 10.0 Å². The summed E-state index contributed by atoms with van der Waals surface area (Å²) in [6.45, 7) is 0. The Morgan fingerprint density at radius 3 is 2.45 bits per heavy atom. The average molecular weight is 359 g/mol. The van der Waals surface area contributed by atoms with Gasteiger partial charge >= 0.3 is 12.3 Å². The lowest BCUT2D eigenvalue weighted by molar-refractivity contribution is -0.275. The van der Waals surface area contributed by atoms with Crippen molar-refractivity contribution in [3.63, 3.8) is 0 Å². The summed E-state index contributed by atoms with van der Waals surface area (Å²) in [6, 6.07) is 3.38. The zero-order chi connectivity index (χ0) is 15.5. The number of carboxylic acid groups (broad SMARTS) is 1. The summed E-state index contributed by atoms with van der Waals surface area (Å²) in [5, 5.41) is 27.7. The van der Waals surface area contributed by atoms with Gasteiger partial charge < -0.3 is 20.1 Å². The Morgan fingerprint density at radius 1 is 1.35 bits per heavy atom. The number of hydrogen-bond donors (Lipinski definition) is 3. The van der Waals surface area contributed by atoms with Crippen LogP contribution in [0.15, 0.2) is 22.7 Å². The molecule has 0 heterocycles. The smallest absolute Gasteiger partial charge is 0.481 e. The lowest BCUT2D eigenvalue weighted by atomic mass is 10.0. The fourth-order valence-corrected chi connectivity index (χ4v) is 1.80. The van der Waals surface area contributed by atoms with Crippen molar-refractivity contribution in [2.45, 2.75) is 25.0 Å². The van der Waals surface area contributed by atoms with Gasteiger partial charge in [-0.2, -0.15) is 0 Å². The summed E-state index contributed by atoms with van der Waals surface area (Å²) in [7, 11) is 0. The van der Waals surface area contributed by atoms with E-state index in [1.54, 1.807) is 0 Å². The molecule has 1 rings (SSSR count). The number of ether oxygens (including phenoxy) is 1. The lowest BCUT2D eigenvalue weighted by Crippen LogP contribution is -2.24. The second-order valence-electron chi connectivity index (χ2n) is 3.84. The van der Waals surface area contributed by atoms with Gasteiger partial charge in [-0.15, -0.1) is 13.2 Å². The van der Waals surface area contributed by atoms with Crippen molar-refractivity contribution in [1.29, 1.82) is 0 Å². The van der Waals surface area contributed by atoms with Gasteiger partial charge in [0, 0.05) is 10.0 Å². The highest BCUT2D eigenvalue weighted by Gasteiger charge is 2.34. The minimum Gasteiger partial charge on any atom is -0.481 e. The molecule has 0 bridgehead atoms. The van der Waals surface area contributed by atoms with Crippen LogP contribution in [0.4, 0.5) is 13.2 Å². The molecule has 0 aliphatic heterocycles. The molecule has 112 valence electrons. The zero-order valence-electron chi connectivity index (χ0n) is 9.76. The fourth-order valence-electron chi connectivity index (χ4n) is 1.46. The molecule has 0 saturated carbocycles. The standard InChI is InChI=1S/C11H10BrF3O5/c12-5-1-2-6(8(3-5)20-11(13,14)15)10(19)7(16)4-9(17)18/h1-3,7,10,16,19H,4H2,(H,17,18). The van der Waals surface area contributed by atoms with Crippen LogP contribution in [-0.4, -0.2) is 33.8 Å². The maximum atomic E-state index is 12.3. The van der Waals surface area contributed by atoms with Gasteiger partial charge in [-0.05, 0) is 12.1 Å². The first-order valence-electron chi connectivity index (χ1n) is 5.23. The molecule has 0 amide bonds. The highest BCUT2D eigenvalue weighted by atomic mass is 79.9. The Hall–Kier alpha value is -1.32. The van der Waals surface area contributed by atoms with Crippen LogP contribution in [0.2, 0.25) is 0 Å². The van der Waals surface area contributed by atoms with Crippen molar-refractivity contribution in [2.24, 2.45) is 0 Å². The van der Waals surface area contributed by atoms with Crippen LogP contribution in [-0.2, 0) is 4.79 Å². The van der Waals surface area contributed by atoms with Crippen LogP contribution in [0.3, 0.4) is 0 Å². The van der Waals surface area contributed by atoms with Crippen LogP contribution < -0.4 is 4.74 Å². The average Bonchev–Trinajstić information content (AvgIpc) is 2.25. The number of rotatable bonds is 5. The number of halogens is 4. The fraction of sp³-hybridized carbons (Fsp3) is 0.364. The number of carboxylic acids is 1. The lowest BCUT2D eigenvalue weighted by Gasteiger charge is -2.20. The first-order chi connectivity index (χ1) is 9.10. The molecular weight excluding hydrogens is 349 g/mol. The number of alkyl halides is 3. The zero-order valence-corrected chi connectivity index (χ0v) is 11.3. The summed E-state index contributed by atoms with van der Waals surface area (Å²) in [6.07, 6.45) is -9.38. The monoisotopic (exact) mass is 358 g/mol. The van der Waals surface area contributed by atoms with Gasteiger partial charge in [0.2, 0.25) is 0 Å². The number of aliphatic hydroxyl groups is 2. The van der Waals surface area contributed by atoms with Crippen molar-refractivity contribution < 1.29 is 38.0 Å². The van der Waals surface area contributed by atoms with Gasteiger partial charge in [-0.3, -0.25) is 4.79 Å². The molecule has 0 aromatic heterocycles. The molecule has 20 heavy (non-hydrogen) atoms. The third-order valence-electron chi connectivity index (χ3n) is 2.27. The maximum absolute atomic E-state index is 12.3. The molecule has 0 fully saturated rings. The molecule has 2 unspecified atom stereocenters. The van der Waals surface area contributed by atoms with Crippen molar-refractivity contribution in [1.82, 2.24) is 0 Å². The van der Waals surface area contributed by atoms with Gasteiger partial charge in [0.25, 0.3) is 0 Å². The van der Waals surface area contributed by atoms with E-state index in [2.05, 4.69) is 20.7 Å². The Morgan fingerprint density at radius 2 is 1.95 bits per heavy atom. The quantitative estimate of drug-likeness (QED) is 0.751. The van der Waals surface area contributed by atoms with Crippen molar-refractivity contribution in [2.75, 3.05) is 0 Å². The number of hydrogen-bond acceptors (Lipinski definition) is 4. The first-order valence-corrected chi connectivity index (χ1v) is 6.02. The summed E-state index contributed by atoms with van der Waals surface area (Å²) in [5.74, 6) is -2.12. The Kier molecular flexibility index (Phi) is 5.37. The topological polar surface area (TPSA) is 87.0 Å². The molecule has 0 saturated heterocycles. The molecule has 2 atom stereocenters. The van der Waals surface area contributed by atoms with Crippen LogP contribution in [0.5, 0.6) is 5.75 Å². The van der Waals surface area contributed by atoms with Gasteiger partial charge in [-0.25, -0.2) is 0 Å². The Bertz CT molecular complexity index is 491. The summed E-state index contributed by atoms with van der Waals surface area (Å²) in [5.41, 5.74) is -0.362. The van der Waals surface area contributed by atoms with E-state index < -0.39 is 36.7 Å². The van der Waals surface area contributed by atoms with Gasteiger partial charge in [-0.1, -0.05) is 22.0 Å². The molecule has 5 nitrogen and oxygen atoms in total. The summed E-state index contributed by atoms with van der Waals surface area (Å²) >= 11 is 2.94. The largest absolute Gasteiger partial charge is 0.573 e. The molecule has 0 spiro atoms. The van der Waals surface area contributed by atoms with Gasteiger partial charge in [0.15, 0.2) is 0 Å². The molecule has 0 aliphatic rings. The molecule has 1 aromatic carbocycles. The summed E-state index contributed by atoms with van der Waals surface area (Å²) in [4.78, 5) is 10.4. The molecule has 9 heteroatoms. The predicted molar refractivity (Wildman–Crippen MR) is 64.0 cm³/mol. The molecule has 1 aromatic rings. The first kappa shape index (κ1) is 16.7. The van der Waals surface area contributed by atoms with Gasteiger partial charge in [0.05, 0.1) is 12.5 Å². The molecule has 0 radical (unpaired) electrons. The van der Waals surface area contributed by atoms with E-state index >= 15 is 0 Å². The number of carbonyl (C=O) groups is 1.